The number of aromatic carboxylic acids is 1. The summed E-state index contributed by atoms with van der Waals surface area (Å²) in [5.74, 6) is -0.928. The summed E-state index contributed by atoms with van der Waals surface area (Å²) in [6.07, 6.45) is 4.10. The van der Waals surface area contributed by atoms with E-state index in [1.54, 1.807) is 25.3 Å². The van der Waals surface area contributed by atoms with Crippen molar-refractivity contribution in [2.45, 2.75) is 6.92 Å². The zero-order chi connectivity index (χ0) is 19.7. The van der Waals surface area contributed by atoms with Gasteiger partial charge in [-0.25, -0.2) is 19.6 Å². The van der Waals surface area contributed by atoms with Crippen LogP contribution in [0.1, 0.15) is 27.8 Å². The van der Waals surface area contributed by atoms with Crippen molar-refractivity contribution >= 4 is 28.4 Å². The fourth-order valence-corrected chi connectivity index (χ4v) is 3.00. The van der Waals surface area contributed by atoms with Crippen LogP contribution in [0.3, 0.4) is 0 Å². The van der Waals surface area contributed by atoms with Crippen LogP contribution >= 0.6 is 0 Å². The standard InChI is InChI=1S/C20H15N3O5/c1-2-27-20(26)18-13-5-3-4-6-15(13)23-11-12(7-8-16(18)23)28-17-10-21-14(9-22-17)19(24)25/h3-11H,2H2,1H3,(H,24,25). The van der Waals surface area contributed by atoms with Crippen LogP contribution in [-0.2, 0) is 4.74 Å². The first kappa shape index (κ1) is 17.5. The molecule has 0 aliphatic rings. The quantitative estimate of drug-likeness (QED) is 0.531. The maximum atomic E-state index is 12.5. The summed E-state index contributed by atoms with van der Waals surface area (Å²) in [5, 5.41) is 9.67. The first-order chi connectivity index (χ1) is 13.6. The molecule has 3 aromatic heterocycles. The monoisotopic (exact) mass is 377 g/mol. The number of hydrogen-bond donors (Lipinski definition) is 1. The smallest absolute Gasteiger partial charge is 0.356 e. The molecule has 0 amide bonds. The molecule has 0 saturated heterocycles. The molecule has 0 spiro atoms. The minimum Gasteiger partial charge on any atom is -0.476 e. The molecule has 0 bridgehead atoms. The first-order valence-corrected chi connectivity index (χ1v) is 8.51. The molecular formula is C20H15N3O5. The number of ether oxygens (including phenoxy) is 2. The predicted octanol–water partition coefficient (Wildman–Crippen LogP) is 3.55. The molecule has 0 atom stereocenters. The highest BCUT2D eigenvalue weighted by atomic mass is 16.5. The second-order valence-corrected chi connectivity index (χ2v) is 5.88. The second-order valence-electron chi connectivity index (χ2n) is 5.88. The number of rotatable bonds is 5. The molecule has 0 aliphatic carbocycles. The number of carbonyl (C=O) groups is 2. The Kier molecular flexibility index (Phi) is 4.36. The third kappa shape index (κ3) is 3.01. The number of carbonyl (C=O) groups excluding carboxylic acids is 1. The topological polar surface area (TPSA) is 103 Å². The number of pyridine rings is 1. The molecule has 140 valence electrons. The number of esters is 1. The number of carboxylic acids is 1. The molecule has 0 saturated carbocycles. The van der Waals surface area contributed by atoms with E-state index in [9.17, 15) is 9.59 Å². The Labute approximate surface area is 159 Å². The molecule has 8 heteroatoms. The van der Waals surface area contributed by atoms with Gasteiger partial charge in [-0.3, -0.25) is 0 Å². The summed E-state index contributed by atoms with van der Waals surface area (Å²) in [7, 11) is 0. The average Bonchev–Trinajstić information content (AvgIpc) is 3.02. The fourth-order valence-electron chi connectivity index (χ4n) is 3.00. The molecule has 0 radical (unpaired) electrons. The van der Waals surface area contributed by atoms with E-state index in [0.29, 0.717) is 16.8 Å². The number of nitrogens with zero attached hydrogens (tertiary/aromatic N) is 3. The van der Waals surface area contributed by atoms with Crippen LogP contribution in [-0.4, -0.2) is 38.0 Å². The van der Waals surface area contributed by atoms with Gasteiger partial charge in [0.05, 0.1) is 41.8 Å². The number of aromatic nitrogens is 3. The Morgan fingerprint density at radius 1 is 1.07 bits per heavy atom. The molecular weight excluding hydrogens is 362 g/mol. The van der Waals surface area contributed by atoms with E-state index in [-0.39, 0.29) is 24.2 Å². The van der Waals surface area contributed by atoms with Crippen LogP contribution in [0.15, 0.2) is 55.0 Å². The lowest BCUT2D eigenvalue weighted by Crippen LogP contribution is -2.04. The Bertz CT molecular complexity index is 1200. The molecule has 8 nitrogen and oxygen atoms in total. The van der Waals surface area contributed by atoms with Crippen LogP contribution in [0, 0.1) is 0 Å². The molecule has 28 heavy (non-hydrogen) atoms. The number of para-hydroxylation sites is 1. The van der Waals surface area contributed by atoms with Gasteiger partial charge in [-0.1, -0.05) is 18.2 Å². The highest BCUT2D eigenvalue weighted by Crippen LogP contribution is 2.30. The van der Waals surface area contributed by atoms with Crippen LogP contribution in [0.2, 0.25) is 0 Å². The van der Waals surface area contributed by atoms with Crippen molar-refractivity contribution in [3.8, 4) is 11.6 Å². The number of fused-ring (bicyclic) bond motifs is 3. The van der Waals surface area contributed by atoms with E-state index in [4.69, 9.17) is 14.6 Å². The van der Waals surface area contributed by atoms with Crippen molar-refractivity contribution in [3.63, 3.8) is 0 Å². The largest absolute Gasteiger partial charge is 0.476 e. The maximum absolute atomic E-state index is 12.5. The maximum Gasteiger partial charge on any atom is 0.356 e. The van der Waals surface area contributed by atoms with E-state index in [1.807, 2.05) is 28.7 Å². The molecule has 0 fully saturated rings. The first-order valence-electron chi connectivity index (χ1n) is 8.51. The zero-order valence-corrected chi connectivity index (χ0v) is 14.8. The van der Waals surface area contributed by atoms with E-state index < -0.39 is 5.97 Å². The Hall–Kier alpha value is -3.94. The van der Waals surface area contributed by atoms with Gasteiger partial charge in [-0.2, -0.15) is 0 Å². The van der Waals surface area contributed by atoms with E-state index in [0.717, 1.165) is 17.1 Å². The summed E-state index contributed by atoms with van der Waals surface area (Å²) < 4.78 is 12.7. The summed E-state index contributed by atoms with van der Waals surface area (Å²) in [6.45, 7) is 2.05. The Balaban J connectivity index is 1.77. The van der Waals surface area contributed by atoms with Crippen molar-refractivity contribution < 1.29 is 24.2 Å². The lowest BCUT2D eigenvalue weighted by atomic mass is 10.1. The minimum absolute atomic E-state index is 0.159. The van der Waals surface area contributed by atoms with Gasteiger partial charge in [0, 0.05) is 5.39 Å². The normalized spacial score (nSPS) is 10.9. The average molecular weight is 377 g/mol. The van der Waals surface area contributed by atoms with E-state index >= 15 is 0 Å². The van der Waals surface area contributed by atoms with Crippen LogP contribution < -0.4 is 4.74 Å². The van der Waals surface area contributed by atoms with Gasteiger partial charge < -0.3 is 19.0 Å². The highest BCUT2D eigenvalue weighted by Gasteiger charge is 2.19. The predicted molar refractivity (Wildman–Crippen MR) is 99.9 cm³/mol. The second kappa shape index (κ2) is 6.99. The molecule has 4 aromatic rings. The summed E-state index contributed by atoms with van der Waals surface area (Å²) in [4.78, 5) is 31.1. The SMILES string of the molecule is CCOC(=O)c1c2ccccc2n2cc(Oc3cnc(C(=O)O)cn3)ccc12. The minimum atomic E-state index is -1.16. The van der Waals surface area contributed by atoms with Crippen molar-refractivity contribution in [1.82, 2.24) is 14.4 Å². The molecule has 0 aliphatic heterocycles. The van der Waals surface area contributed by atoms with Gasteiger partial charge in [0.15, 0.2) is 5.69 Å². The number of benzene rings is 1. The van der Waals surface area contributed by atoms with Crippen LogP contribution in [0.5, 0.6) is 11.6 Å². The summed E-state index contributed by atoms with van der Waals surface area (Å²) in [6, 6.07) is 11.0. The van der Waals surface area contributed by atoms with Gasteiger partial charge in [0.25, 0.3) is 0 Å². The lowest BCUT2D eigenvalue weighted by molar-refractivity contribution is 0.0530. The molecule has 1 aromatic carbocycles. The highest BCUT2D eigenvalue weighted by molar-refractivity contribution is 6.11. The fraction of sp³-hybridized carbons (Fsp3) is 0.100. The third-order valence-corrected chi connectivity index (χ3v) is 4.16. The zero-order valence-electron chi connectivity index (χ0n) is 14.8. The molecule has 4 rings (SSSR count). The molecule has 0 unspecified atom stereocenters. The summed E-state index contributed by atoms with van der Waals surface area (Å²) in [5.41, 5.74) is 1.85. The van der Waals surface area contributed by atoms with Gasteiger partial charge in [-0.05, 0) is 25.1 Å². The van der Waals surface area contributed by atoms with Crippen LogP contribution in [0.4, 0.5) is 0 Å². The van der Waals surface area contributed by atoms with Gasteiger partial charge in [-0.15, -0.1) is 0 Å². The van der Waals surface area contributed by atoms with Crippen LogP contribution in [0.25, 0.3) is 16.4 Å². The number of carboxylic acid groups (broad SMARTS) is 1. The summed E-state index contributed by atoms with van der Waals surface area (Å²) >= 11 is 0. The molecule has 1 N–H and O–H groups in total. The van der Waals surface area contributed by atoms with E-state index in [1.165, 1.54) is 6.20 Å². The van der Waals surface area contributed by atoms with E-state index in [2.05, 4.69) is 9.97 Å². The molecule has 3 heterocycles. The van der Waals surface area contributed by atoms with Crippen molar-refractivity contribution in [2.24, 2.45) is 0 Å². The van der Waals surface area contributed by atoms with Gasteiger partial charge in [0.2, 0.25) is 5.88 Å². The third-order valence-electron chi connectivity index (χ3n) is 4.16. The number of hydrogen-bond acceptors (Lipinski definition) is 6. The Morgan fingerprint density at radius 3 is 2.61 bits per heavy atom. The van der Waals surface area contributed by atoms with Gasteiger partial charge >= 0.3 is 11.9 Å². The Morgan fingerprint density at radius 2 is 1.89 bits per heavy atom. The van der Waals surface area contributed by atoms with Gasteiger partial charge in [0.1, 0.15) is 5.75 Å². The van der Waals surface area contributed by atoms with Crippen molar-refractivity contribution in [3.05, 3.63) is 66.2 Å². The van der Waals surface area contributed by atoms with Crippen molar-refractivity contribution in [1.29, 1.82) is 0 Å². The van der Waals surface area contributed by atoms with Crippen molar-refractivity contribution in [2.75, 3.05) is 6.61 Å². The lowest BCUT2D eigenvalue weighted by Gasteiger charge is -2.06.